The van der Waals surface area contributed by atoms with Crippen LogP contribution >= 0.6 is 0 Å². The van der Waals surface area contributed by atoms with Gasteiger partial charge in [-0.15, -0.1) is 0 Å². The van der Waals surface area contributed by atoms with Crippen LogP contribution in [0.3, 0.4) is 0 Å². The van der Waals surface area contributed by atoms with Crippen molar-refractivity contribution < 1.29 is 31.7 Å². The molecule has 9 heteroatoms. The van der Waals surface area contributed by atoms with Crippen molar-refractivity contribution in [3.8, 4) is 5.75 Å². The van der Waals surface area contributed by atoms with E-state index in [1.54, 1.807) is 71.9 Å². The van der Waals surface area contributed by atoms with E-state index in [4.69, 9.17) is 19.4 Å². The van der Waals surface area contributed by atoms with Gasteiger partial charge in [-0.05, 0) is 71.4 Å². The van der Waals surface area contributed by atoms with E-state index < -0.39 is 45.2 Å². The number of rotatable bonds is 8. The summed E-state index contributed by atoms with van der Waals surface area (Å²) in [6.07, 6.45) is -0.166. The number of esters is 2. The molecule has 0 bridgehead atoms. The molecular formula is C25H33NO7S. The average Bonchev–Trinajstić information content (AvgIpc) is 2.70. The second kappa shape index (κ2) is 10.6. The van der Waals surface area contributed by atoms with Gasteiger partial charge in [0.05, 0.1) is 6.42 Å². The van der Waals surface area contributed by atoms with Crippen molar-refractivity contribution in [1.82, 2.24) is 0 Å². The second-order valence-corrected chi connectivity index (χ2v) is 11.4. The molecule has 2 N–H and O–H groups in total. The van der Waals surface area contributed by atoms with Crippen molar-refractivity contribution in [1.29, 1.82) is 0 Å². The number of carbonyl (C=O) groups is 2. The van der Waals surface area contributed by atoms with Crippen LogP contribution in [0.1, 0.15) is 59.4 Å². The molecule has 2 aromatic carbocycles. The lowest BCUT2D eigenvalue weighted by Crippen LogP contribution is -2.42. The maximum absolute atomic E-state index is 12.6. The van der Waals surface area contributed by atoms with E-state index in [9.17, 15) is 18.0 Å². The zero-order valence-corrected chi connectivity index (χ0v) is 21.2. The highest BCUT2D eigenvalue weighted by Crippen LogP contribution is 2.29. The summed E-state index contributed by atoms with van der Waals surface area (Å²) in [5.74, 6) is -1.87. The van der Waals surface area contributed by atoms with Gasteiger partial charge in [0.1, 0.15) is 27.9 Å². The van der Waals surface area contributed by atoms with Crippen molar-refractivity contribution in [3.05, 3.63) is 60.2 Å². The molecule has 0 aliphatic carbocycles. The molecule has 34 heavy (non-hydrogen) atoms. The standard InChI is InChI=1S/C25H33NO7S/c1-24(2,3)31-21(27)16-20(22(26)23(28)32-25(4,5)6)17-12-14-18(15-13-17)33-34(29,30)19-10-8-7-9-11-19/h7-15,20,22H,16,26H2,1-6H3. The van der Waals surface area contributed by atoms with Crippen molar-refractivity contribution in [2.75, 3.05) is 0 Å². The minimum Gasteiger partial charge on any atom is -0.460 e. The highest BCUT2D eigenvalue weighted by atomic mass is 32.2. The number of hydrogen-bond donors (Lipinski definition) is 1. The monoisotopic (exact) mass is 491 g/mol. The largest absolute Gasteiger partial charge is 0.460 e. The zero-order chi connectivity index (χ0) is 25.7. The SMILES string of the molecule is CC(C)(C)OC(=O)CC(c1ccc(OS(=O)(=O)c2ccccc2)cc1)C(N)C(=O)OC(C)(C)C. The molecule has 2 unspecified atom stereocenters. The third kappa shape index (κ3) is 8.46. The maximum Gasteiger partial charge on any atom is 0.339 e. The van der Waals surface area contributed by atoms with Gasteiger partial charge in [-0.25, -0.2) is 0 Å². The van der Waals surface area contributed by atoms with Gasteiger partial charge < -0.3 is 19.4 Å². The number of nitrogens with two attached hydrogens (primary N) is 1. The number of benzene rings is 2. The van der Waals surface area contributed by atoms with Gasteiger partial charge in [-0.1, -0.05) is 30.3 Å². The Hall–Kier alpha value is -2.91. The van der Waals surface area contributed by atoms with E-state index in [0.717, 1.165) is 0 Å². The predicted octanol–water partition coefficient (Wildman–Crippen LogP) is 3.94. The van der Waals surface area contributed by atoms with E-state index in [2.05, 4.69) is 0 Å². The van der Waals surface area contributed by atoms with Crippen LogP contribution in [0.2, 0.25) is 0 Å². The van der Waals surface area contributed by atoms with Crippen molar-refractivity contribution in [2.24, 2.45) is 5.73 Å². The van der Waals surface area contributed by atoms with Crippen molar-refractivity contribution in [3.63, 3.8) is 0 Å². The van der Waals surface area contributed by atoms with Gasteiger partial charge in [-0.2, -0.15) is 8.42 Å². The molecule has 2 aromatic rings. The van der Waals surface area contributed by atoms with Gasteiger partial charge in [0.2, 0.25) is 0 Å². The van der Waals surface area contributed by atoms with Crippen molar-refractivity contribution in [2.45, 2.75) is 76.0 Å². The molecule has 0 radical (unpaired) electrons. The molecule has 186 valence electrons. The normalized spacial score (nSPS) is 14.1. The third-order valence-corrected chi connectivity index (χ3v) is 5.73. The summed E-state index contributed by atoms with van der Waals surface area (Å²) >= 11 is 0. The molecule has 0 saturated carbocycles. The third-order valence-electron chi connectivity index (χ3n) is 4.47. The quantitative estimate of drug-likeness (QED) is 0.435. The van der Waals surface area contributed by atoms with Gasteiger partial charge in [0.15, 0.2) is 0 Å². The molecular weight excluding hydrogens is 458 g/mol. The van der Waals surface area contributed by atoms with Crippen LogP contribution in [0.15, 0.2) is 59.5 Å². The molecule has 2 rings (SSSR count). The molecule has 0 saturated heterocycles. The second-order valence-electron chi connectivity index (χ2n) is 9.88. The van der Waals surface area contributed by atoms with Gasteiger partial charge >= 0.3 is 22.1 Å². The van der Waals surface area contributed by atoms with Crippen LogP contribution in [0.25, 0.3) is 0 Å². The first-order chi connectivity index (χ1) is 15.6. The van der Waals surface area contributed by atoms with Crippen LogP contribution in [0.4, 0.5) is 0 Å². The molecule has 0 spiro atoms. The Kier molecular flexibility index (Phi) is 8.50. The smallest absolute Gasteiger partial charge is 0.339 e. The Morgan fingerprint density at radius 3 is 1.88 bits per heavy atom. The fraction of sp³-hybridized carbons (Fsp3) is 0.440. The molecule has 0 fully saturated rings. The first-order valence-electron chi connectivity index (χ1n) is 10.9. The summed E-state index contributed by atoms with van der Waals surface area (Å²) in [6, 6.07) is 12.6. The Morgan fingerprint density at radius 2 is 1.38 bits per heavy atom. The van der Waals surface area contributed by atoms with E-state index in [1.807, 2.05) is 0 Å². The van der Waals surface area contributed by atoms with Crippen LogP contribution in [0, 0.1) is 0 Å². The van der Waals surface area contributed by atoms with Gasteiger partial charge in [-0.3, -0.25) is 9.59 Å². The van der Waals surface area contributed by atoms with E-state index in [1.165, 1.54) is 24.3 Å². The van der Waals surface area contributed by atoms with Crippen LogP contribution in [-0.4, -0.2) is 37.6 Å². The number of ether oxygens (including phenoxy) is 2. The predicted molar refractivity (Wildman–Crippen MR) is 128 cm³/mol. The maximum atomic E-state index is 12.6. The molecule has 0 aromatic heterocycles. The molecule has 2 atom stereocenters. The Balaban J connectivity index is 2.29. The zero-order valence-electron chi connectivity index (χ0n) is 20.4. The van der Waals surface area contributed by atoms with Gasteiger partial charge in [0.25, 0.3) is 0 Å². The lowest BCUT2D eigenvalue weighted by molar-refractivity contribution is -0.158. The lowest BCUT2D eigenvalue weighted by Gasteiger charge is -2.28. The summed E-state index contributed by atoms with van der Waals surface area (Å²) in [6.45, 7) is 10.4. The van der Waals surface area contributed by atoms with Crippen LogP contribution < -0.4 is 9.92 Å². The number of hydrogen-bond acceptors (Lipinski definition) is 8. The summed E-state index contributed by atoms with van der Waals surface area (Å²) in [4.78, 5) is 25.2. The minimum atomic E-state index is -4.01. The molecule has 0 amide bonds. The van der Waals surface area contributed by atoms with E-state index in [-0.39, 0.29) is 17.1 Å². The summed E-state index contributed by atoms with van der Waals surface area (Å²) in [5, 5.41) is 0. The highest BCUT2D eigenvalue weighted by Gasteiger charge is 2.33. The minimum absolute atomic E-state index is 0.0221. The Bertz CT molecular complexity index is 1080. The van der Waals surface area contributed by atoms with Crippen LogP contribution in [-0.2, 0) is 29.2 Å². The Morgan fingerprint density at radius 1 is 0.853 bits per heavy atom. The summed E-state index contributed by atoms with van der Waals surface area (Å²) in [5.41, 5.74) is 5.29. The first kappa shape index (κ1) is 27.3. The van der Waals surface area contributed by atoms with Gasteiger partial charge in [0, 0.05) is 5.92 Å². The summed E-state index contributed by atoms with van der Waals surface area (Å²) < 4.78 is 40.9. The Labute approximate surface area is 201 Å². The average molecular weight is 492 g/mol. The highest BCUT2D eigenvalue weighted by molar-refractivity contribution is 7.87. The first-order valence-corrected chi connectivity index (χ1v) is 12.3. The van der Waals surface area contributed by atoms with Crippen LogP contribution in [0.5, 0.6) is 5.75 Å². The molecule has 8 nitrogen and oxygen atoms in total. The fourth-order valence-electron chi connectivity index (χ4n) is 3.08. The molecule has 0 aliphatic heterocycles. The molecule has 0 heterocycles. The number of carbonyl (C=O) groups excluding carboxylic acids is 2. The van der Waals surface area contributed by atoms with Crippen molar-refractivity contribution >= 4 is 22.1 Å². The van der Waals surface area contributed by atoms with E-state index >= 15 is 0 Å². The van der Waals surface area contributed by atoms with E-state index in [0.29, 0.717) is 5.56 Å². The molecule has 0 aliphatic rings. The fourth-order valence-corrected chi connectivity index (χ4v) is 4.03. The lowest BCUT2D eigenvalue weighted by atomic mass is 9.88. The summed E-state index contributed by atoms with van der Waals surface area (Å²) in [7, 11) is -4.01. The topological polar surface area (TPSA) is 122 Å².